The zero-order valence-electron chi connectivity index (χ0n) is 12.7. The molecule has 2 aromatic carbocycles. The van der Waals surface area contributed by atoms with Crippen LogP contribution in [0, 0.1) is 0 Å². The van der Waals surface area contributed by atoms with E-state index in [9.17, 15) is 0 Å². The minimum absolute atomic E-state index is 0.435. The summed E-state index contributed by atoms with van der Waals surface area (Å²) in [6.07, 6.45) is 3.30. The fraction of sp³-hybridized carbons (Fsp3) is 0.263. The van der Waals surface area contributed by atoms with Gasteiger partial charge in [0.1, 0.15) is 0 Å². The van der Waals surface area contributed by atoms with Gasteiger partial charge in [0, 0.05) is 23.0 Å². The molecule has 3 aromatic rings. The Hall–Kier alpha value is -2.06. The van der Waals surface area contributed by atoms with Gasteiger partial charge in [-0.15, -0.1) is 0 Å². The number of benzene rings is 2. The van der Waals surface area contributed by atoms with E-state index in [0.29, 0.717) is 5.92 Å². The molecule has 1 aromatic heterocycles. The standard InChI is InChI=1S/C19H22N2/c1-21(2)13-12-16(15-8-4-3-5-9-15)18-14-20-19-11-7-6-10-17(18)19/h3-11,14,16,20H,12-13H2,1-2H3. The van der Waals surface area contributed by atoms with Gasteiger partial charge in [-0.3, -0.25) is 0 Å². The minimum Gasteiger partial charge on any atom is -0.361 e. The maximum Gasteiger partial charge on any atom is 0.0457 e. The average molecular weight is 278 g/mol. The Morgan fingerprint density at radius 1 is 0.952 bits per heavy atom. The second-order valence-corrected chi connectivity index (χ2v) is 5.84. The van der Waals surface area contributed by atoms with Crippen LogP contribution in [0.4, 0.5) is 0 Å². The van der Waals surface area contributed by atoms with Crippen LogP contribution in [0.1, 0.15) is 23.5 Å². The molecule has 2 nitrogen and oxygen atoms in total. The van der Waals surface area contributed by atoms with Gasteiger partial charge in [0.2, 0.25) is 0 Å². The van der Waals surface area contributed by atoms with Crippen molar-refractivity contribution in [2.24, 2.45) is 0 Å². The second kappa shape index (κ2) is 6.15. The van der Waals surface area contributed by atoms with Crippen LogP contribution in [0.5, 0.6) is 0 Å². The molecule has 1 atom stereocenters. The normalized spacial score (nSPS) is 12.9. The van der Waals surface area contributed by atoms with Crippen molar-refractivity contribution in [2.75, 3.05) is 20.6 Å². The number of aromatic amines is 1. The average Bonchev–Trinajstić information content (AvgIpc) is 2.93. The molecule has 3 rings (SSSR count). The van der Waals surface area contributed by atoms with E-state index in [1.54, 1.807) is 0 Å². The Labute approximate surface area is 126 Å². The molecular weight excluding hydrogens is 256 g/mol. The molecule has 21 heavy (non-hydrogen) atoms. The molecule has 0 bridgehead atoms. The first-order valence-corrected chi connectivity index (χ1v) is 7.51. The Morgan fingerprint density at radius 3 is 2.43 bits per heavy atom. The van der Waals surface area contributed by atoms with Gasteiger partial charge in [-0.2, -0.15) is 0 Å². The van der Waals surface area contributed by atoms with Crippen molar-refractivity contribution < 1.29 is 0 Å². The molecule has 0 saturated carbocycles. The zero-order chi connectivity index (χ0) is 14.7. The van der Waals surface area contributed by atoms with Gasteiger partial charge >= 0.3 is 0 Å². The summed E-state index contributed by atoms with van der Waals surface area (Å²) in [4.78, 5) is 5.67. The van der Waals surface area contributed by atoms with Crippen molar-refractivity contribution in [3.63, 3.8) is 0 Å². The van der Waals surface area contributed by atoms with Gasteiger partial charge in [-0.1, -0.05) is 48.5 Å². The topological polar surface area (TPSA) is 19.0 Å². The molecule has 0 spiro atoms. The van der Waals surface area contributed by atoms with E-state index in [1.165, 1.54) is 22.0 Å². The summed E-state index contributed by atoms with van der Waals surface area (Å²) < 4.78 is 0. The van der Waals surface area contributed by atoms with Crippen LogP contribution in [-0.2, 0) is 0 Å². The lowest BCUT2D eigenvalue weighted by Crippen LogP contribution is -2.16. The van der Waals surface area contributed by atoms with Gasteiger partial charge in [0.25, 0.3) is 0 Å². The third kappa shape index (κ3) is 3.01. The SMILES string of the molecule is CN(C)CCC(c1ccccc1)c1c[nH]c2ccccc12. The molecule has 1 unspecified atom stereocenters. The van der Waals surface area contributed by atoms with Crippen molar-refractivity contribution in [3.05, 3.63) is 71.9 Å². The summed E-state index contributed by atoms with van der Waals surface area (Å²) >= 11 is 0. The molecule has 1 heterocycles. The van der Waals surface area contributed by atoms with Crippen LogP contribution in [0.15, 0.2) is 60.8 Å². The molecule has 2 heteroatoms. The van der Waals surface area contributed by atoms with Crippen molar-refractivity contribution in [2.45, 2.75) is 12.3 Å². The van der Waals surface area contributed by atoms with Crippen LogP contribution < -0.4 is 0 Å². The first kappa shape index (κ1) is 13.9. The lowest BCUT2D eigenvalue weighted by Gasteiger charge is -2.19. The molecular formula is C19H22N2. The Bertz CT molecular complexity index is 698. The highest BCUT2D eigenvalue weighted by molar-refractivity contribution is 5.84. The number of rotatable bonds is 5. The highest BCUT2D eigenvalue weighted by Crippen LogP contribution is 2.33. The van der Waals surface area contributed by atoms with E-state index >= 15 is 0 Å². The molecule has 0 amide bonds. The number of para-hydroxylation sites is 1. The minimum atomic E-state index is 0.435. The fourth-order valence-corrected chi connectivity index (χ4v) is 2.96. The zero-order valence-corrected chi connectivity index (χ0v) is 12.7. The van der Waals surface area contributed by atoms with Gasteiger partial charge in [-0.25, -0.2) is 0 Å². The molecule has 108 valence electrons. The smallest absolute Gasteiger partial charge is 0.0457 e. The first-order chi connectivity index (χ1) is 10.3. The number of nitrogens with zero attached hydrogens (tertiary/aromatic N) is 1. The van der Waals surface area contributed by atoms with E-state index in [0.717, 1.165) is 13.0 Å². The van der Waals surface area contributed by atoms with Gasteiger partial charge < -0.3 is 9.88 Å². The molecule has 0 fully saturated rings. The van der Waals surface area contributed by atoms with E-state index in [-0.39, 0.29) is 0 Å². The highest BCUT2D eigenvalue weighted by Gasteiger charge is 2.17. The molecule has 0 aliphatic carbocycles. The van der Waals surface area contributed by atoms with Crippen molar-refractivity contribution >= 4 is 10.9 Å². The van der Waals surface area contributed by atoms with E-state index < -0.39 is 0 Å². The van der Waals surface area contributed by atoms with Crippen LogP contribution in [-0.4, -0.2) is 30.5 Å². The number of fused-ring (bicyclic) bond motifs is 1. The van der Waals surface area contributed by atoms with Crippen molar-refractivity contribution in [1.82, 2.24) is 9.88 Å². The largest absolute Gasteiger partial charge is 0.361 e. The van der Waals surface area contributed by atoms with Crippen LogP contribution >= 0.6 is 0 Å². The predicted molar refractivity (Wildman–Crippen MR) is 89.8 cm³/mol. The van der Waals surface area contributed by atoms with Crippen molar-refractivity contribution in [1.29, 1.82) is 0 Å². The summed E-state index contributed by atoms with van der Waals surface area (Å²) in [5.74, 6) is 0.435. The monoisotopic (exact) mass is 278 g/mol. The number of aromatic nitrogens is 1. The van der Waals surface area contributed by atoms with Crippen LogP contribution in [0.3, 0.4) is 0 Å². The van der Waals surface area contributed by atoms with Crippen LogP contribution in [0.25, 0.3) is 10.9 Å². The van der Waals surface area contributed by atoms with Gasteiger partial charge in [0.15, 0.2) is 0 Å². The van der Waals surface area contributed by atoms with Crippen LogP contribution in [0.2, 0.25) is 0 Å². The third-order valence-corrected chi connectivity index (χ3v) is 4.06. The number of hydrogen-bond acceptors (Lipinski definition) is 1. The summed E-state index contributed by atoms with van der Waals surface area (Å²) in [7, 11) is 4.27. The number of H-pyrrole nitrogens is 1. The second-order valence-electron chi connectivity index (χ2n) is 5.84. The summed E-state index contributed by atoms with van der Waals surface area (Å²) in [6.45, 7) is 1.08. The molecule has 0 radical (unpaired) electrons. The van der Waals surface area contributed by atoms with Gasteiger partial charge in [0.05, 0.1) is 0 Å². The maximum atomic E-state index is 3.41. The summed E-state index contributed by atoms with van der Waals surface area (Å²) in [5, 5.41) is 1.34. The lowest BCUT2D eigenvalue weighted by atomic mass is 9.88. The summed E-state index contributed by atoms with van der Waals surface area (Å²) in [6, 6.07) is 19.4. The third-order valence-electron chi connectivity index (χ3n) is 4.06. The Morgan fingerprint density at radius 2 is 1.67 bits per heavy atom. The Balaban J connectivity index is 2.02. The van der Waals surface area contributed by atoms with Crippen molar-refractivity contribution in [3.8, 4) is 0 Å². The highest BCUT2D eigenvalue weighted by atomic mass is 15.0. The quantitative estimate of drug-likeness (QED) is 0.739. The molecule has 0 aliphatic rings. The fourth-order valence-electron chi connectivity index (χ4n) is 2.96. The predicted octanol–water partition coefficient (Wildman–Crippen LogP) is 4.25. The van der Waals surface area contributed by atoms with E-state index in [2.05, 4.69) is 84.8 Å². The first-order valence-electron chi connectivity index (χ1n) is 7.51. The number of hydrogen-bond donors (Lipinski definition) is 1. The lowest BCUT2D eigenvalue weighted by molar-refractivity contribution is 0.391. The van der Waals surface area contributed by atoms with E-state index in [1.807, 2.05) is 0 Å². The maximum absolute atomic E-state index is 3.41. The molecule has 0 saturated heterocycles. The molecule has 1 N–H and O–H groups in total. The summed E-state index contributed by atoms with van der Waals surface area (Å²) in [5.41, 5.74) is 4.01. The number of nitrogens with one attached hydrogen (secondary N) is 1. The van der Waals surface area contributed by atoms with Gasteiger partial charge in [-0.05, 0) is 44.3 Å². The van der Waals surface area contributed by atoms with E-state index in [4.69, 9.17) is 0 Å². The Kier molecular flexibility index (Phi) is 4.07. The molecule has 0 aliphatic heterocycles.